The van der Waals surface area contributed by atoms with Crippen LogP contribution in [0.5, 0.6) is 11.5 Å². The number of hydrogen-bond acceptors (Lipinski definition) is 3. The Morgan fingerprint density at radius 2 is 2.06 bits per heavy atom. The number of aryl methyl sites for hydroxylation is 1. The lowest BCUT2D eigenvalue weighted by molar-refractivity contribution is 0.343. The van der Waals surface area contributed by atoms with E-state index in [9.17, 15) is 9.90 Å². The summed E-state index contributed by atoms with van der Waals surface area (Å²) in [7, 11) is 0. The monoisotopic (exact) mass is 247 g/mol. The number of pyridine rings is 1. The van der Waals surface area contributed by atoms with Gasteiger partial charge in [0.25, 0.3) is 5.56 Å². The van der Waals surface area contributed by atoms with E-state index in [2.05, 4.69) is 11.9 Å². The Morgan fingerprint density at radius 3 is 2.72 bits per heavy atom. The normalized spacial score (nSPS) is 10.8. The first-order chi connectivity index (χ1) is 8.65. The lowest BCUT2D eigenvalue weighted by Gasteiger charge is -2.11. The summed E-state index contributed by atoms with van der Waals surface area (Å²) < 4.78 is 5.53. The Morgan fingerprint density at radius 1 is 1.28 bits per heavy atom. The molecule has 0 fully saturated rings. The number of fused-ring (bicyclic) bond motifs is 1. The van der Waals surface area contributed by atoms with Crippen molar-refractivity contribution in [2.75, 3.05) is 6.61 Å². The quantitative estimate of drug-likeness (QED) is 0.872. The molecule has 0 saturated carbocycles. The van der Waals surface area contributed by atoms with Gasteiger partial charge in [-0.2, -0.15) is 0 Å². The summed E-state index contributed by atoms with van der Waals surface area (Å²) >= 11 is 0. The maximum atomic E-state index is 11.4. The van der Waals surface area contributed by atoms with Gasteiger partial charge in [0.2, 0.25) is 0 Å². The molecule has 0 unspecified atom stereocenters. The van der Waals surface area contributed by atoms with E-state index in [0.29, 0.717) is 23.3 Å². The molecular formula is C14H17NO3. The van der Waals surface area contributed by atoms with Crippen molar-refractivity contribution in [3.63, 3.8) is 0 Å². The van der Waals surface area contributed by atoms with Gasteiger partial charge in [-0.15, -0.1) is 0 Å². The molecule has 2 rings (SSSR count). The molecular weight excluding hydrogens is 230 g/mol. The zero-order valence-corrected chi connectivity index (χ0v) is 10.6. The smallest absolute Gasteiger partial charge is 0.252 e. The summed E-state index contributed by atoms with van der Waals surface area (Å²) in [5, 5.41) is 10.5. The predicted molar refractivity (Wildman–Crippen MR) is 71.4 cm³/mol. The van der Waals surface area contributed by atoms with Crippen LogP contribution in [0.3, 0.4) is 0 Å². The number of ether oxygens (including phenoxy) is 1. The minimum atomic E-state index is -0.329. The summed E-state index contributed by atoms with van der Waals surface area (Å²) in [6, 6.07) is 5.01. The van der Waals surface area contributed by atoms with E-state index in [1.165, 1.54) is 6.07 Å². The molecule has 0 radical (unpaired) electrons. The number of benzene rings is 1. The number of aromatic hydroxyl groups is 1. The topological polar surface area (TPSA) is 62.3 Å². The minimum absolute atomic E-state index is 0.00680. The molecule has 18 heavy (non-hydrogen) atoms. The van der Waals surface area contributed by atoms with Gasteiger partial charge in [0, 0.05) is 11.5 Å². The Kier molecular flexibility index (Phi) is 3.55. The van der Waals surface area contributed by atoms with Gasteiger partial charge in [-0.25, -0.2) is 0 Å². The largest absolute Gasteiger partial charge is 0.507 e. The molecule has 1 heterocycles. The second-order valence-corrected chi connectivity index (χ2v) is 4.22. The molecule has 2 aromatic rings. The molecule has 96 valence electrons. The zero-order chi connectivity index (χ0) is 13.1. The number of hydrogen-bond donors (Lipinski definition) is 2. The molecule has 0 aliphatic heterocycles. The van der Waals surface area contributed by atoms with Crippen LogP contribution in [-0.2, 0) is 6.42 Å². The summed E-state index contributed by atoms with van der Waals surface area (Å²) in [4.78, 5) is 14.1. The third kappa shape index (κ3) is 2.32. The Bertz CT molecular complexity index is 616. The van der Waals surface area contributed by atoms with Crippen LogP contribution in [0.1, 0.15) is 25.8 Å². The molecule has 0 aliphatic rings. The first-order valence-electron chi connectivity index (χ1n) is 6.17. The highest BCUT2D eigenvalue weighted by Gasteiger charge is 2.10. The van der Waals surface area contributed by atoms with E-state index < -0.39 is 0 Å². The van der Waals surface area contributed by atoms with Gasteiger partial charge >= 0.3 is 0 Å². The summed E-state index contributed by atoms with van der Waals surface area (Å²) in [5.74, 6) is 0.610. The number of rotatable bonds is 4. The Hall–Kier alpha value is -1.97. The third-order valence-corrected chi connectivity index (χ3v) is 2.79. The molecule has 0 aliphatic carbocycles. The Labute approximate surface area is 105 Å². The van der Waals surface area contributed by atoms with Crippen molar-refractivity contribution < 1.29 is 9.84 Å². The number of aromatic nitrogens is 1. The first-order valence-corrected chi connectivity index (χ1v) is 6.17. The molecule has 0 amide bonds. The highest BCUT2D eigenvalue weighted by atomic mass is 16.5. The zero-order valence-electron chi connectivity index (χ0n) is 10.6. The molecule has 1 aromatic carbocycles. The van der Waals surface area contributed by atoms with Crippen LogP contribution in [0.25, 0.3) is 10.9 Å². The van der Waals surface area contributed by atoms with Crippen molar-refractivity contribution >= 4 is 10.9 Å². The van der Waals surface area contributed by atoms with Crippen molar-refractivity contribution in [3.8, 4) is 11.5 Å². The van der Waals surface area contributed by atoms with E-state index in [4.69, 9.17) is 4.74 Å². The highest BCUT2D eigenvalue weighted by Crippen LogP contribution is 2.30. The van der Waals surface area contributed by atoms with Crippen molar-refractivity contribution in [2.24, 2.45) is 0 Å². The molecule has 0 saturated heterocycles. The van der Waals surface area contributed by atoms with Gasteiger partial charge < -0.3 is 14.8 Å². The SMILES string of the molecule is CCCc1cc(OCC)c2[nH]c(=O)cc(O)c2c1. The lowest BCUT2D eigenvalue weighted by Crippen LogP contribution is -2.05. The third-order valence-electron chi connectivity index (χ3n) is 2.79. The standard InChI is InChI=1S/C14H17NO3/c1-3-5-9-6-10-11(16)8-13(17)15-14(10)12(7-9)18-4-2/h6-8H,3-5H2,1-2H3,(H2,15,16,17). The predicted octanol–water partition coefficient (Wildman–Crippen LogP) is 2.58. The number of aromatic amines is 1. The van der Waals surface area contributed by atoms with Crippen LogP contribution >= 0.6 is 0 Å². The van der Waals surface area contributed by atoms with Gasteiger partial charge in [0.1, 0.15) is 11.5 Å². The molecule has 4 nitrogen and oxygen atoms in total. The van der Waals surface area contributed by atoms with Gasteiger partial charge in [-0.05, 0) is 31.0 Å². The van der Waals surface area contributed by atoms with Crippen LogP contribution in [0.2, 0.25) is 0 Å². The molecule has 0 bridgehead atoms. The van der Waals surface area contributed by atoms with Crippen LogP contribution in [0.15, 0.2) is 23.0 Å². The second kappa shape index (κ2) is 5.12. The Balaban J connectivity index is 2.72. The van der Waals surface area contributed by atoms with Crippen LogP contribution < -0.4 is 10.3 Å². The summed E-state index contributed by atoms with van der Waals surface area (Å²) in [6.45, 7) is 4.50. The van der Waals surface area contributed by atoms with E-state index in [0.717, 1.165) is 18.4 Å². The highest BCUT2D eigenvalue weighted by molar-refractivity contribution is 5.90. The maximum Gasteiger partial charge on any atom is 0.252 e. The van der Waals surface area contributed by atoms with Crippen LogP contribution in [-0.4, -0.2) is 16.7 Å². The molecule has 2 N–H and O–H groups in total. The fourth-order valence-electron chi connectivity index (χ4n) is 2.07. The van der Waals surface area contributed by atoms with Gasteiger partial charge in [-0.3, -0.25) is 4.79 Å². The van der Waals surface area contributed by atoms with Crippen molar-refractivity contribution in [1.29, 1.82) is 0 Å². The fourth-order valence-corrected chi connectivity index (χ4v) is 2.07. The van der Waals surface area contributed by atoms with Gasteiger partial charge in [0.15, 0.2) is 0 Å². The molecule has 1 aromatic heterocycles. The minimum Gasteiger partial charge on any atom is -0.507 e. The average Bonchev–Trinajstić information content (AvgIpc) is 2.31. The van der Waals surface area contributed by atoms with Crippen LogP contribution in [0.4, 0.5) is 0 Å². The molecule has 4 heteroatoms. The lowest BCUT2D eigenvalue weighted by atomic mass is 10.1. The van der Waals surface area contributed by atoms with E-state index in [1.54, 1.807) is 0 Å². The van der Waals surface area contributed by atoms with Crippen molar-refractivity contribution in [1.82, 2.24) is 4.98 Å². The van der Waals surface area contributed by atoms with Crippen LogP contribution in [0, 0.1) is 0 Å². The average molecular weight is 247 g/mol. The van der Waals surface area contributed by atoms with E-state index in [-0.39, 0.29) is 11.3 Å². The van der Waals surface area contributed by atoms with Crippen molar-refractivity contribution in [2.45, 2.75) is 26.7 Å². The molecule has 0 atom stereocenters. The van der Waals surface area contributed by atoms with E-state index in [1.807, 2.05) is 19.1 Å². The van der Waals surface area contributed by atoms with Gasteiger partial charge in [0.05, 0.1) is 12.1 Å². The van der Waals surface area contributed by atoms with Gasteiger partial charge in [-0.1, -0.05) is 13.3 Å². The summed E-state index contributed by atoms with van der Waals surface area (Å²) in [5.41, 5.74) is 1.32. The molecule has 0 spiro atoms. The van der Waals surface area contributed by atoms with E-state index >= 15 is 0 Å². The first kappa shape index (κ1) is 12.5. The maximum absolute atomic E-state index is 11.4. The number of H-pyrrole nitrogens is 1. The fraction of sp³-hybridized carbons (Fsp3) is 0.357. The number of nitrogens with one attached hydrogen (secondary N) is 1. The second-order valence-electron chi connectivity index (χ2n) is 4.22. The van der Waals surface area contributed by atoms with Crippen molar-refractivity contribution in [3.05, 3.63) is 34.1 Å². The summed E-state index contributed by atoms with van der Waals surface area (Å²) in [6.07, 6.45) is 1.93.